The van der Waals surface area contributed by atoms with E-state index in [9.17, 15) is 9.59 Å². The van der Waals surface area contributed by atoms with Crippen molar-refractivity contribution in [3.05, 3.63) is 89.2 Å². The van der Waals surface area contributed by atoms with Gasteiger partial charge in [-0.15, -0.1) is 17.9 Å². The second-order valence-electron chi connectivity index (χ2n) is 7.53. The van der Waals surface area contributed by atoms with E-state index in [2.05, 4.69) is 11.9 Å². The highest BCUT2D eigenvalue weighted by Crippen LogP contribution is 2.32. The Morgan fingerprint density at radius 2 is 1.97 bits per heavy atom. The normalized spacial score (nSPS) is 10.9. The van der Waals surface area contributed by atoms with E-state index in [0.717, 1.165) is 28.2 Å². The van der Waals surface area contributed by atoms with Gasteiger partial charge in [0.1, 0.15) is 10.6 Å². The van der Waals surface area contributed by atoms with E-state index in [1.165, 1.54) is 23.1 Å². The van der Waals surface area contributed by atoms with E-state index in [4.69, 9.17) is 9.72 Å². The summed E-state index contributed by atoms with van der Waals surface area (Å²) in [6.45, 7) is 4.63. The second-order valence-corrected chi connectivity index (χ2v) is 9.50. The lowest BCUT2D eigenvalue weighted by Crippen LogP contribution is -2.28. The molecule has 6 nitrogen and oxygen atoms in total. The number of ether oxygens (including phenoxy) is 1. The number of thioether (sulfide) groups is 1. The number of nitrogens with one attached hydrogen (secondary N) is 1. The zero-order valence-corrected chi connectivity index (χ0v) is 20.5. The third kappa shape index (κ3) is 5.58. The fourth-order valence-corrected chi connectivity index (χ4v) is 5.38. The van der Waals surface area contributed by atoms with Gasteiger partial charge in [-0.05, 0) is 35.7 Å². The smallest absolute Gasteiger partial charge is 0.263 e. The summed E-state index contributed by atoms with van der Waals surface area (Å²) in [7, 11) is 1.63. The quantitative estimate of drug-likeness (QED) is 0.197. The Balaban J connectivity index is 1.44. The van der Waals surface area contributed by atoms with Crippen molar-refractivity contribution in [2.75, 3.05) is 19.4 Å². The van der Waals surface area contributed by atoms with Crippen molar-refractivity contribution in [3.63, 3.8) is 0 Å². The molecule has 1 N–H and O–H groups in total. The number of methoxy groups -OCH3 is 1. The van der Waals surface area contributed by atoms with Crippen molar-refractivity contribution in [1.82, 2.24) is 14.9 Å². The summed E-state index contributed by atoms with van der Waals surface area (Å²) in [4.78, 5) is 32.0. The Kier molecular flexibility index (Phi) is 7.82. The topological polar surface area (TPSA) is 73.2 Å². The molecule has 0 aliphatic heterocycles. The first-order valence-corrected chi connectivity index (χ1v) is 12.6. The molecule has 1 amide bonds. The monoisotopic (exact) mass is 491 g/mol. The molecule has 2 heterocycles. The number of hydrogen-bond acceptors (Lipinski definition) is 6. The highest BCUT2D eigenvalue weighted by molar-refractivity contribution is 7.99. The van der Waals surface area contributed by atoms with Crippen LogP contribution in [0.4, 0.5) is 0 Å². The van der Waals surface area contributed by atoms with Gasteiger partial charge in [0.25, 0.3) is 5.56 Å². The average Bonchev–Trinajstić information content (AvgIpc) is 3.30. The van der Waals surface area contributed by atoms with Crippen molar-refractivity contribution in [1.29, 1.82) is 0 Å². The highest BCUT2D eigenvalue weighted by Gasteiger charge is 2.16. The third-order valence-corrected chi connectivity index (χ3v) is 7.27. The summed E-state index contributed by atoms with van der Waals surface area (Å²) in [6, 6.07) is 19.6. The van der Waals surface area contributed by atoms with Crippen LogP contribution in [-0.2, 0) is 17.8 Å². The largest absolute Gasteiger partial charge is 0.497 e. The van der Waals surface area contributed by atoms with Crippen LogP contribution in [0.2, 0.25) is 0 Å². The number of carbonyl (C=O) groups excluding carboxylic acids is 1. The molecule has 0 atom stereocenters. The van der Waals surface area contributed by atoms with Crippen LogP contribution in [0.25, 0.3) is 20.7 Å². The summed E-state index contributed by atoms with van der Waals surface area (Å²) in [5.74, 6) is 0.879. The van der Waals surface area contributed by atoms with Crippen LogP contribution in [0, 0.1) is 0 Å². The summed E-state index contributed by atoms with van der Waals surface area (Å²) >= 11 is 2.74. The molecule has 0 aliphatic carbocycles. The van der Waals surface area contributed by atoms with Crippen molar-refractivity contribution >= 4 is 39.2 Å². The first-order valence-electron chi connectivity index (χ1n) is 10.8. The molecule has 0 aliphatic rings. The van der Waals surface area contributed by atoms with Crippen molar-refractivity contribution in [2.45, 2.75) is 18.1 Å². The minimum atomic E-state index is -0.120. The third-order valence-electron chi connectivity index (χ3n) is 5.21. The zero-order chi connectivity index (χ0) is 23.9. The van der Waals surface area contributed by atoms with E-state index in [0.29, 0.717) is 28.5 Å². The van der Waals surface area contributed by atoms with Gasteiger partial charge in [-0.1, -0.05) is 60.3 Å². The number of amides is 1. The SMILES string of the molecule is C=CCn1c(SCC(=O)NCCc2ccc(OC)cc2)nc2sc(-c3ccccc3)cc2c1=O. The Labute approximate surface area is 206 Å². The molecule has 0 saturated heterocycles. The molecule has 34 heavy (non-hydrogen) atoms. The molecule has 0 radical (unpaired) electrons. The molecule has 0 bridgehead atoms. The van der Waals surface area contributed by atoms with Gasteiger partial charge in [0, 0.05) is 18.0 Å². The predicted molar refractivity (Wildman–Crippen MR) is 140 cm³/mol. The summed E-state index contributed by atoms with van der Waals surface area (Å²) in [6.07, 6.45) is 2.39. The van der Waals surface area contributed by atoms with Crippen LogP contribution >= 0.6 is 23.1 Å². The van der Waals surface area contributed by atoms with Gasteiger partial charge in [-0.2, -0.15) is 0 Å². The minimum Gasteiger partial charge on any atom is -0.497 e. The lowest BCUT2D eigenvalue weighted by molar-refractivity contribution is -0.118. The van der Waals surface area contributed by atoms with E-state index in [1.54, 1.807) is 17.8 Å². The number of rotatable bonds is 10. The Hall–Kier alpha value is -3.36. The van der Waals surface area contributed by atoms with Gasteiger partial charge in [-0.25, -0.2) is 4.98 Å². The van der Waals surface area contributed by atoms with E-state index in [1.807, 2.05) is 60.7 Å². The fourth-order valence-electron chi connectivity index (χ4n) is 3.46. The Morgan fingerprint density at radius 3 is 2.68 bits per heavy atom. The molecule has 4 rings (SSSR count). The van der Waals surface area contributed by atoms with Gasteiger partial charge < -0.3 is 10.1 Å². The Morgan fingerprint density at radius 1 is 1.21 bits per heavy atom. The summed E-state index contributed by atoms with van der Waals surface area (Å²) in [5, 5.41) is 4.04. The molecule has 4 aromatic rings. The first kappa shape index (κ1) is 23.8. The molecule has 2 aromatic carbocycles. The van der Waals surface area contributed by atoms with Crippen LogP contribution in [0.3, 0.4) is 0 Å². The van der Waals surface area contributed by atoms with Crippen LogP contribution < -0.4 is 15.6 Å². The van der Waals surface area contributed by atoms with Crippen LogP contribution in [0.5, 0.6) is 5.75 Å². The van der Waals surface area contributed by atoms with Gasteiger partial charge in [0.05, 0.1) is 18.2 Å². The molecule has 174 valence electrons. The fraction of sp³-hybridized carbons (Fsp3) is 0.192. The first-order chi connectivity index (χ1) is 16.6. The maximum Gasteiger partial charge on any atom is 0.263 e. The second kappa shape index (κ2) is 11.2. The average molecular weight is 492 g/mol. The van der Waals surface area contributed by atoms with Crippen LogP contribution in [0.1, 0.15) is 5.56 Å². The van der Waals surface area contributed by atoms with Crippen LogP contribution in [-0.4, -0.2) is 34.9 Å². The van der Waals surface area contributed by atoms with E-state index >= 15 is 0 Å². The van der Waals surface area contributed by atoms with Gasteiger partial charge in [-0.3, -0.25) is 14.2 Å². The van der Waals surface area contributed by atoms with Crippen molar-refractivity contribution in [3.8, 4) is 16.2 Å². The predicted octanol–water partition coefficient (Wildman–Crippen LogP) is 4.77. The number of aromatic nitrogens is 2. The number of hydrogen-bond donors (Lipinski definition) is 1. The molecule has 8 heteroatoms. The van der Waals surface area contributed by atoms with Crippen molar-refractivity contribution in [2.24, 2.45) is 0 Å². The van der Waals surface area contributed by atoms with E-state index < -0.39 is 0 Å². The number of nitrogens with zero attached hydrogens (tertiary/aromatic N) is 2. The van der Waals surface area contributed by atoms with Gasteiger partial charge in [0.2, 0.25) is 5.91 Å². The van der Waals surface area contributed by atoms with E-state index in [-0.39, 0.29) is 17.2 Å². The number of carbonyl (C=O) groups is 1. The summed E-state index contributed by atoms with van der Waals surface area (Å²) in [5.41, 5.74) is 2.05. The zero-order valence-electron chi connectivity index (χ0n) is 18.8. The van der Waals surface area contributed by atoms with Crippen LogP contribution in [0.15, 0.2) is 83.3 Å². The molecular weight excluding hydrogens is 466 g/mol. The minimum absolute atomic E-state index is 0.103. The number of benzene rings is 2. The molecule has 0 unspecified atom stereocenters. The Bertz CT molecular complexity index is 1350. The standard InChI is InChI=1S/C26H25N3O3S2/c1-3-15-29-25(31)21-16-22(19-7-5-4-6-8-19)34-24(21)28-26(29)33-17-23(30)27-14-13-18-9-11-20(32-2)12-10-18/h3-12,16H,1,13-15,17H2,2H3,(H,27,30). The number of thiophene rings is 1. The van der Waals surface area contributed by atoms with Crippen molar-refractivity contribution < 1.29 is 9.53 Å². The van der Waals surface area contributed by atoms with Gasteiger partial charge in [0.15, 0.2) is 5.16 Å². The maximum atomic E-state index is 13.2. The number of allylic oxidation sites excluding steroid dienone is 1. The molecular formula is C26H25N3O3S2. The highest BCUT2D eigenvalue weighted by atomic mass is 32.2. The molecule has 2 aromatic heterocycles. The summed E-state index contributed by atoms with van der Waals surface area (Å²) < 4.78 is 6.74. The molecule has 0 saturated carbocycles. The number of fused-ring (bicyclic) bond motifs is 1. The maximum absolute atomic E-state index is 13.2. The van der Waals surface area contributed by atoms with Gasteiger partial charge >= 0.3 is 0 Å². The lowest BCUT2D eigenvalue weighted by Gasteiger charge is -2.10. The molecule has 0 spiro atoms. The molecule has 0 fully saturated rings. The lowest BCUT2D eigenvalue weighted by atomic mass is 10.1.